The third-order valence-electron chi connectivity index (χ3n) is 5.73. The fourth-order valence-corrected chi connectivity index (χ4v) is 4.16. The van der Waals surface area contributed by atoms with Crippen LogP contribution in [0.4, 0.5) is 0 Å². The normalized spacial score (nSPS) is 52.6. The van der Waals surface area contributed by atoms with Crippen molar-refractivity contribution in [1.82, 2.24) is 0 Å². The number of carbonyl (C=O) groups is 2. The molecule has 3 rings (SSSR count). The minimum Gasteiger partial charge on any atom is -0.461 e. The summed E-state index contributed by atoms with van der Waals surface area (Å²) >= 11 is 0. The summed E-state index contributed by atoms with van der Waals surface area (Å²) in [5.41, 5.74) is -2.23. The van der Waals surface area contributed by atoms with Gasteiger partial charge in [-0.25, -0.2) is 0 Å². The Hall–Kier alpha value is -1.16. The van der Waals surface area contributed by atoms with Crippen molar-refractivity contribution in [3.8, 4) is 0 Å². The number of allylic oxidation sites excluding steroid dienone is 1. The van der Waals surface area contributed by atoms with Crippen molar-refractivity contribution >= 4 is 11.8 Å². The molecule has 0 aromatic carbocycles. The number of rotatable bonds is 0. The largest absolute Gasteiger partial charge is 0.461 e. The van der Waals surface area contributed by atoms with Crippen LogP contribution in [0.1, 0.15) is 33.6 Å². The van der Waals surface area contributed by atoms with Crippen molar-refractivity contribution < 1.29 is 19.4 Å². The van der Waals surface area contributed by atoms with E-state index in [1.807, 2.05) is 13.8 Å². The maximum atomic E-state index is 12.4. The number of ether oxygens (including phenoxy) is 1. The van der Waals surface area contributed by atoms with Gasteiger partial charge in [0.05, 0.1) is 11.3 Å². The minimum absolute atomic E-state index is 0.0169. The van der Waals surface area contributed by atoms with E-state index in [0.29, 0.717) is 0 Å². The molecule has 2 fully saturated rings. The number of ketones is 1. The van der Waals surface area contributed by atoms with Gasteiger partial charge in [0.15, 0.2) is 5.78 Å². The summed E-state index contributed by atoms with van der Waals surface area (Å²) in [5, 5.41) is 11.0. The zero-order valence-electron chi connectivity index (χ0n) is 11.6. The van der Waals surface area contributed by atoms with E-state index in [9.17, 15) is 14.7 Å². The Labute approximate surface area is 112 Å². The van der Waals surface area contributed by atoms with Gasteiger partial charge in [-0.2, -0.15) is 0 Å². The van der Waals surface area contributed by atoms with Crippen LogP contribution in [0, 0.1) is 23.2 Å². The fourth-order valence-electron chi connectivity index (χ4n) is 4.16. The predicted molar refractivity (Wildman–Crippen MR) is 68.1 cm³/mol. The van der Waals surface area contributed by atoms with E-state index in [0.717, 1.165) is 12.8 Å². The molecule has 104 valence electrons. The predicted octanol–water partition coefficient (Wildman–Crippen LogP) is 1.47. The van der Waals surface area contributed by atoms with Crippen LogP contribution in [-0.4, -0.2) is 28.6 Å². The number of hydrogen-bond donors (Lipinski definition) is 1. The monoisotopic (exact) mass is 264 g/mol. The first-order valence-corrected chi connectivity index (χ1v) is 6.99. The molecule has 1 heterocycles. The zero-order chi connectivity index (χ0) is 14.0. The molecule has 0 bridgehead atoms. The number of aliphatic hydroxyl groups is 1. The Morgan fingerprint density at radius 2 is 2.00 bits per heavy atom. The van der Waals surface area contributed by atoms with Crippen LogP contribution in [-0.2, 0) is 14.3 Å². The maximum absolute atomic E-state index is 12.4. The zero-order valence-corrected chi connectivity index (χ0v) is 11.6. The van der Waals surface area contributed by atoms with Gasteiger partial charge in [0.1, 0.15) is 11.7 Å². The average molecular weight is 264 g/mol. The molecule has 1 saturated carbocycles. The summed E-state index contributed by atoms with van der Waals surface area (Å²) in [5.74, 6) is -0.548. The summed E-state index contributed by atoms with van der Waals surface area (Å²) in [4.78, 5) is 24.2. The quantitative estimate of drug-likeness (QED) is 0.673. The molecule has 0 radical (unpaired) electrons. The molecule has 0 aromatic heterocycles. The summed E-state index contributed by atoms with van der Waals surface area (Å²) in [7, 11) is 0. The second-order valence-electron chi connectivity index (χ2n) is 6.51. The molecule has 1 N–H and O–H groups in total. The molecule has 3 aliphatic rings. The summed E-state index contributed by atoms with van der Waals surface area (Å²) in [6.07, 6.45) is 4.17. The first-order valence-electron chi connectivity index (χ1n) is 6.99. The molecule has 2 aliphatic carbocycles. The van der Waals surface area contributed by atoms with Gasteiger partial charge < -0.3 is 9.84 Å². The average Bonchev–Trinajstić information content (AvgIpc) is 2.76. The van der Waals surface area contributed by atoms with Crippen molar-refractivity contribution in [2.24, 2.45) is 23.2 Å². The first kappa shape index (κ1) is 12.9. The highest BCUT2D eigenvalue weighted by Gasteiger charge is 2.67. The molecule has 1 aliphatic heterocycles. The molecule has 0 amide bonds. The third kappa shape index (κ3) is 1.33. The van der Waals surface area contributed by atoms with Gasteiger partial charge in [-0.15, -0.1) is 0 Å². The van der Waals surface area contributed by atoms with Crippen molar-refractivity contribution in [3.63, 3.8) is 0 Å². The Bertz CT molecular complexity index is 483. The second-order valence-corrected chi connectivity index (χ2v) is 6.51. The fraction of sp³-hybridized carbons (Fsp3) is 0.733. The maximum Gasteiger partial charge on any atom is 0.309 e. The molecule has 1 saturated heterocycles. The highest BCUT2D eigenvalue weighted by Crippen LogP contribution is 2.56. The molecule has 4 heteroatoms. The molecule has 6 atom stereocenters. The van der Waals surface area contributed by atoms with Crippen LogP contribution in [0.3, 0.4) is 0 Å². The van der Waals surface area contributed by atoms with Crippen molar-refractivity contribution in [1.29, 1.82) is 0 Å². The summed E-state index contributed by atoms with van der Waals surface area (Å²) in [6.45, 7) is 5.58. The lowest BCUT2D eigenvalue weighted by atomic mass is 9.64. The lowest BCUT2D eigenvalue weighted by Gasteiger charge is -2.43. The molecular weight excluding hydrogens is 244 g/mol. The van der Waals surface area contributed by atoms with Crippen molar-refractivity contribution in [3.05, 3.63) is 12.2 Å². The highest BCUT2D eigenvalue weighted by atomic mass is 16.6. The van der Waals surface area contributed by atoms with E-state index < -0.39 is 17.1 Å². The molecular formula is C15H20O4. The second kappa shape index (κ2) is 3.69. The van der Waals surface area contributed by atoms with E-state index in [4.69, 9.17) is 4.74 Å². The van der Waals surface area contributed by atoms with E-state index >= 15 is 0 Å². The highest BCUT2D eigenvalue weighted by molar-refractivity contribution is 6.00. The van der Waals surface area contributed by atoms with Crippen LogP contribution in [0.2, 0.25) is 0 Å². The Balaban J connectivity index is 2.13. The van der Waals surface area contributed by atoms with E-state index in [-0.39, 0.29) is 29.5 Å². The smallest absolute Gasteiger partial charge is 0.309 e. The minimum atomic E-state index is -1.20. The van der Waals surface area contributed by atoms with Crippen LogP contribution in [0.5, 0.6) is 0 Å². The number of hydrogen-bond acceptors (Lipinski definition) is 4. The van der Waals surface area contributed by atoms with Gasteiger partial charge in [0.25, 0.3) is 0 Å². The number of fused-ring (bicyclic) bond motifs is 3. The lowest BCUT2D eigenvalue weighted by Crippen LogP contribution is -2.56. The first-order chi connectivity index (χ1) is 8.82. The van der Waals surface area contributed by atoms with Crippen molar-refractivity contribution in [2.75, 3.05) is 0 Å². The Morgan fingerprint density at radius 1 is 1.32 bits per heavy atom. The van der Waals surface area contributed by atoms with Gasteiger partial charge in [0, 0.05) is 5.92 Å². The van der Waals surface area contributed by atoms with Gasteiger partial charge in [0.2, 0.25) is 0 Å². The van der Waals surface area contributed by atoms with E-state index in [1.54, 1.807) is 13.0 Å². The van der Waals surface area contributed by atoms with Crippen molar-refractivity contribution in [2.45, 2.75) is 45.3 Å². The third-order valence-corrected chi connectivity index (χ3v) is 5.73. The number of esters is 1. The van der Waals surface area contributed by atoms with Gasteiger partial charge in [-0.05, 0) is 37.8 Å². The Kier molecular flexibility index (Phi) is 2.50. The Morgan fingerprint density at radius 3 is 2.68 bits per heavy atom. The van der Waals surface area contributed by atoms with Gasteiger partial charge in [-0.3, -0.25) is 9.59 Å². The van der Waals surface area contributed by atoms with Gasteiger partial charge in [-0.1, -0.05) is 13.8 Å². The molecule has 0 unspecified atom stereocenters. The van der Waals surface area contributed by atoms with Crippen LogP contribution in [0.25, 0.3) is 0 Å². The lowest BCUT2D eigenvalue weighted by molar-refractivity contribution is -0.166. The van der Waals surface area contributed by atoms with E-state index in [2.05, 4.69) is 0 Å². The standard InChI is InChI=1S/C15H20O4/c1-8-4-5-10-9(2)13(17)19-12(10)14(3)11(16)6-7-15(8,14)18/h6-10,12,18H,4-5H2,1-3H3/t8-,9-,10+,12-,14+,15-/m1/s1. The van der Waals surface area contributed by atoms with Gasteiger partial charge >= 0.3 is 5.97 Å². The molecule has 19 heavy (non-hydrogen) atoms. The van der Waals surface area contributed by atoms with Crippen LogP contribution in [0.15, 0.2) is 12.2 Å². The van der Waals surface area contributed by atoms with E-state index in [1.165, 1.54) is 6.08 Å². The number of carbonyl (C=O) groups excluding carboxylic acids is 2. The topological polar surface area (TPSA) is 63.6 Å². The SMILES string of the molecule is C[C@@H]1CC[C@@H]2[C@@H](OC(=O)[C@@H]2C)[C@]2(C)C(=O)C=C[C@@]12O. The summed E-state index contributed by atoms with van der Waals surface area (Å²) in [6, 6.07) is 0. The molecule has 0 aromatic rings. The van der Waals surface area contributed by atoms with Crippen LogP contribution >= 0.6 is 0 Å². The molecule has 4 nitrogen and oxygen atoms in total. The summed E-state index contributed by atoms with van der Waals surface area (Å²) < 4.78 is 5.50. The molecule has 0 spiro atoms. The van der Waals surface area contributed by atoms with Crippen LogP contribution < -0.4 is 0 Å².